The Balaban J connectivity index is 2.12. The van der Waals surface area contributed by atoms with Crippen molar-refractivity contribution in [2.24, 2.45) is 0 Å². The second kappa shape index (κ2) is 6.16. The molecule has 0 saturated heterocycles. The molecule has 0 saturated carbocycles. The van der Waals surface area contributed by atoms with Crippen molar-refractivity contribution in [1.82, 2.24) is 4.57 Å². The third-order valence-corrected chi connectivity index (χ3v) is 3.78. The number of hydrogen-bond acceptors (Lipinski definition) is 1. The number of rotatable bonds is 3. The summed E-state index contributed by atoms with van der Waals surface area (Å²) in [5.74, 6) is -0.304. The first-order valence-electron chi connectivity index (χ1n) is 7.23. The van der Waals surface area contributed by atoms with Gasteiger partial charge in [-0.1, -0.05) is 24.3 Å². The fourth-order valence-corrected chi connectivity index (χ4v) is 2.51. The summed E-state index contributed by atoms with van der Waals surface area (Å²) in [4.78, 5) is 12.3. The first-order valence-corrected chi connectivity index (χ1v) is 7.23. The molecule has 3 rings (SSSR count). The molecule has 116 valence electrons. The van der Waals surface area contributed by atoms with Gasteiger partial charge in [-0.2, -0.15) is 0 Å². The molecule has 3 aromatic rings. The van der Waals surface area contributed by atoms with E-state index in [1.807, 2.05) is 6.92 Å². The molecule has 0 atom stereocenters. The summed E-state index contributed by atoms with van der Waals surface area (Å²) >= 11 is 0. The van der Waals surface area contributed by atoms with E-state index in [-0.39, 0.29) is 11.4 Å². The first kappa shape index (κ1) is 15.2. The van der Waals surface area contributed by atoms with Crippen molar-refractivity contribution in [3.63, 3.8) is 0 Å². The molecule has 0 N–H and O–H groups in total. The van der Waals surface area contributed by atoms with Crippen LogP contribution in [-0.4, -0.2) is 4.57 Å². The number of alkyl halides is 1. The van der Waals surface area contributed by atoms with Crippen LogP contribution in [0.5, 0.6) is 0 Å². The van der Waals surface area contributed by atoms with Gasteiger partial charge in [-0.25, -0.2) is 8.78 Å². The number of pyridine rings is 1. The van der Waals surface area contributed by atoms with E-state index in [9.17, 15) is 13.6 Å². The van der Waals surface area contributed by atoms with Crippen LogP contribution in [0.15, 0.2) is 65.6 Å². The number of halogens is 2. The van der Waals surface area contributed by atoms with Crippen molar-refractivity contribution in [3.05, 3.63) is 88.1 Å². The van der Waals surface area contributed by atoms with Gasteiger partial charge in [0, 0.05) is 23.5 Å². The van der Waals surface area contributed by atoms with Gasteiger partial charge in [0.2, 0.25) is 0 Å². The van der Waals surface area contributed by atoms with Crippen LogP contribution in [0.4, 0.5) is 8.78 Å². The summed E-state index contributed by atoms with van der Waals surface area (Å²) in [5, 5.41) is 0. The lowest BCUT2D eigenvalue weighted by atomic mass is 10.0. The van der Waals surface area contributed by atoms with Crippen molar-refractivity contribution >= 4 is 0 Å². The van der Waals surface area contributed by atoms with Crippen molar-refractivity contribution < 1.29 is 8.78 Å². The Kier molecular flexibility index (Phi) is 4.06. The SMILES string of the molecule is Cc1cc(=O)n(-c2ccc(CF)cc2)cc1-c1ccc(F)cc1. The molecule has 23 heavy (non-hydrogen) atoms. The molecule has 0 bridgehead atoms. The van der Waals surface area contributed by atoms with Crippen LogP contribution in [0.25, 0.3) is 16.8 Å². The van der Waals surface area contributed by atoms with E-state index in [4.69, 9.17) is 0 Å². The van der Waals surface area contributed by atoms with Crippen LogP contribution >= 0.6 is 0 Å². The summed E-state index contributed by atoms with van der Waals surface area (Å²) < 4.78 is 27.2. The number of aromatic nitrogens is 1. The number of nitrogens with zero attached hydrogens (tertiary/aromatic N) is 1. The molecule has 2 nitrogen and oxygen atoms in total. The standard InChI is InChI=1S/C19H15F2NO/c1-13-10-19(23)22(17-8-2-14(11-20)3-9-17)12-18(13)15-4-6-16(21)7-5-15/h2-10,12H,11H2,1H3. The molecule has 0 radical (unpaired) electrons. The van der Waals surface area contributed by atoms with E-state index in [0.717, 1.165) is 16.7 Å². The van der Waals surface area contributed by atoms with Crippen molar-refractivity contribution in [1.29, 1.82) is 0 Å². The van der Waals surface area contributed by atoms with Gasteiger partial charge in [0.05, 0.1) is 0 Å². The lowest BCUT2D eigenvalue weighted by Crippen LogP contribution is -2.17. The Morgan fingerprint density at radius 1 is 1.00 bits per heavy atom. The molecule has 0 aliphatic carbocycles. The molecule has 4 heteroatoms. The zero-order chi connectivity index (χ0) is 16.4. The molecule has 1 aromatic heterocycles. The molecular formula is C19H15F2NO. The van der Waals surface area contributed by atoms with E-state index < -0.39 is 6.67 Å². The van der Waals surface area contributed by atoms with Crippen LogP contribution in [0, 0.1) is 12.7 Å². The molecule has 0 aliphatic heterocycles. The van der Waals surface area contributed by atoms with Crippen LogP contribution < -0.4 is 5.56 Å². The lowest BCUT2D eigenvalue weighted by molar-refractivity contribution is 0.485. The highest BCUT2D eigenvalue weighted by atomic mass is 19.1. The normalized spacial score (nSPS) is 10.7. The molecular weight excluding hydrogens is 296 g/mol. The van der Waals surface area contributed by atoms with Crippen LogP contribution in [0.1, 0.15) is 11.1 Å². The molecule has 0 aliphatic rings. The molecule has 2 aromatic carbocycles. The maximum atomic E-state index is 13.1. The third kappa shape index (κ3) is 3.06. The lowest BCUT2D eigenvalue weighted by Gasteiger charge is -2.12. The minimum absolute atomic E-state index is 0.165. The van der Waals surface area contributed by atoms with E-state index in [0.29, 0.717) is 11.3 Å². The summed E-state index contributed by atoms with van der Waals surface area (Å²) in [6.07, 6.45) is 1.73. The minimum Gasteiger partial charge on any atom is -0.284 e. The fourth-order valence-electron chi connectivity index (χ4n) is 2.51. The predicted octanol–water partition coefficient (Wildman–Crippen LogP) is 4.42. The maximum Gasteiger partial charge on any atom is 0.255 e. The summed E-state index contributed by atoms with van der Waals surface area (Å²) in [6, 6.07) is 14.4. The highest BCUT2D eigenvalue weighted by Crippen LogP contribution is 2.23. The van der Waals surface area contributed by atoms with Gasteiger partial charge < -0.3 is 0 Å². The minimum atomic E-state index is -0.538. The number of benzene rings is 2. The second-order valence-corrected chi connectivity index (χ2v) is 5.39. The van der Waals surface area contributed by atoms with Crippen LogP contribution in [0.3, 0.4) is 0 Å². The van der Waals surface area contributed by atoms with E-state index in [1.165, 1.54) is 16.7 Å². The highest BCUT2D eigenvalue weighted by Gasteiger charge is 2.08. The van der Waals surface area contributed by atoms with E-state index in [1.54, 1.807) is 48.7 Å². The Labute approximate surface area is 132 Å². The van der Waals surface area contributed by atoms with Gasteiger partial charge in [-0.3, -0.25) is 9.36 Å². The monoisotopic (exact) mass is 311 g/mol. The van der Waals surface area contributed by atoms with Gasteiger partial charge in [0.15, 0.2) is 0 Å². The molecule has 0 spiro atoms. The highest BCUT2D eigenvalue weighted by molar-refractivity contribution is 5.66. The first-order chi connectivity index (χ1) is 11.1. The van der Waals surface area contributed by atoms with E-state index in [2.05, 4.69) is 0 Å². The Hall–Kier alpha value is -2.75. The number of hydrogen-bond donors (Lipinski definition) is 0. The summed E-state index contributed by atoms with van der Waals surface area (Å²) in [6.45, 7) is 1.31. The van der Waals surface area contributed by atoms with E-state index >= 15 is 0 Å². The van der Waals surface area contributed by atoms with Gasteiger partial charge in [-0.15, -0.1) is 0 Å². The van der Waals surface area contributed by atoms with Gasteiger partial charge in [0.1, 0.15) is 12.5 Å². The van der Waals surface area contributed by atoms with Crippen LogP contribution in [0.2, 0.25) is 0 Å². The topological polar surface area (TPSA) is 22.0 Å². The maximum absolute atomic E-state index is 13.1. The van der Waals surface area contributed by atoms with Crippen LogP contribution in [-0.2, 0) is 6.67 Å². The third-order valence-electron chi connectivity index (χ3n) is 3.78. The largest absolute Gasteiger partial charge is 0.284 e. The van der Waals surface area contributed by atoms with Gasteiger partial charge in [-0.05, 0) is 47.9 Å². The van der Waals surface area contributed by atoms with Gasteiger partial charge in [0.25, 0.3) is 5.56 Å². The Morgan fingerprint density at radius 2 is 1.65 bits per heavy atom. The molecule has 1 heterocycles. The predicted molar refractivity (Wildman–Crippen MR) is 87.0 cm³/mol. The fraction of sp³-hybridized carbons (Fsp3) is 0.105. The quantitative estimate of drug-likeness (QED) is 0.702. The average molecular weight is 311 g/mol. The zero-order valence-corrected chi connectivity index (χ0v) is 12.6. The summed E-state index contributed by atoms with van der Waals surface area (Å²) in [5.41, 5.74) is 3.56. The van der Waals surface area contributed by atoms with Crippen molar-refractivity contribution in [2.45, 2.75) is 13.6 Å². The number of aryl methyl sites for hydroxylation is 1. The average Bonchev–Trinajstić information content (AvgIpc) is 2.56. The molecule has 0 amide bonds. The molecule has 0 unspecified atom stereocenters. The zero-order valence-electron chi connectivity index (χ0n) is 12.6. The second-order valence-electron chi connectivity index (χ2n) is 5.39. The van der Waals surface area contributed by atoms with Gasteiger partial charge >= 0.3 is 0 Å². The Morgan fingerprint density at radius 3 is 2.26 bits per heavy atom. The van der Waals surface area contributed by atoms with Crippen molar-refractivity contribution in [2.75, 3.05) is 0 Å². The Bertz CT molecular complexity index is 881. The smallest absolute Gasteiger partial charge is 0.255 e. The molecule has 0 fully saturated rings. The summed E-state index contributed by atoms with van der Waals surface area (Å²) in [7, 11) is 0. The van der Waals surface area contributed by atoms with Crippen molar-refractivity contribution in [3.8, 4) is 16.8 Å².